The zero-order chi connectivity index (χ0) is 31.2. The van der Waals surface area contributed by atoms with E-state index in [4.69, 9.17) is 13.8 Å². The number of aromatic nitrogens is 1. The Labute approximate surface area is 271 Å². The van der Waals surface area contributed by atoms with E-state index in [1.807, 2.05) is 60.7 Å². The van der Waals surface area contributed by atoms with E-state index in [9.17, 15) is 0 Å². The van der Waals surface area contributed by atoms with Gasteiger partial charge in [-0.3, -0.25) is 0 Å². The quantitative estimate of drug-likeness (QED) is 0.189. The molecule has 0 unspecified atom stereocenters. The maximum atomic E-state index is 6.74. The lowest BCUT2D eigenvalue weighted by Gasteiger charge is -2.28. The van der Waals surface area contributed by atoms with Crippen LogP contribution in [-0.4, -0.2) is 4.98 Å². The largest absolute Gasteiger partial charge is 0.454 e. The van der Waals surface area contributed by atoms with Crippen molar-refractivity contribution in [2.75, 3.05) is 4.90 Å². The first kappa shape index (κ1) is 27.0. The second-order valence-electron chi connectivity index (χ2n) is 11.6. The van der Waals surface area contributed by atoms with Gasteiger partial charge in [0.05, 0.1) is 16.8 Å². The minimum atomic E-state index is 0.577. The molecule has 0 aliphatic carbocycles. The van der Waals surface area contributed by atoms with Gasteiger partial charge in [-0.15, -0.1) is 0 Å². The number of fused-ring (bicyclic) bond motifs is 5. The van der Waals surface area contributed by atoms with Crippen LogP contribution in [0.2, 0.25) is 0 Å². The molecule has 9 aromatic rings. The van der Waals surface area contributed by atoms with Gasteiger partial charge in [-0.1, -0.05) is 127 Å². The average Bonchev–Trinajstić information content (AvgIpc) is 3.76. The lowest BCUT2D eigenvalue weighted by Crippen LogP contribution is -2.11. The monoisotopic (exact) mass is 604 g/mol. The van der Waals surface area contributed by atoms with Gasteiger partial charge in [0.15, 0.2) is 11.2 Å². The highest BCUT2D eigenvalue weighted by atomic mass is 16.4. The van der Waals surface area contributed by atoms with Gasteiger partial charge in [0.25, 0.3) is 0 Å². The SMILES string of the molecule is c1ccc(-c2ccc(N(c3ccccc3-c3ccccc3)c3cc4nc(-c5ccccc5)oc4c4c3oc3ccccc34)cc2)cc1. The lowest BCUT2D eigenvalue weighted by molar-refractivity contribution is 0.622. The van der Waals surface area contributed by atoms with Crippen molar-refractivity contribution in [3.63, 3.8) is 0 Å². The Morgan fingerprint density at radius 2 is 1.04 bits per heavy atom. The number of oxazole rings is 1. The number of rotatable bonds is 6. The van der Waals surface area contributed by atoms with Gasteiger partial charge in [0.2, 0.25) is 5.89 Å². The fourth-order valence-electron chi connectivity index (χ4n) is 6.50. The molecule has 0 saturated carbocycles. The summed E-state index contributed by atoms with van der Waals surface area (Å²) < 4.78 is 13.3. The molecule has 4 heteroatoms. The van der Waals surface area contributed by atoms with E-state index < -0.39 is 0 Å². The van der Waals surface area contributed by atoms with Gasteiger partial charge in [0.1, 0.15) is 11.1 Å². The van der Waals surface area contributed by atoms with Crippen LogP contribution in [0, 0.1) is 0 Å². The van der Waals surface area contributed by atoms with Crippen molar-refractivity contribution in [3.05, 3.63) is 170 Å². The van der Waals surface area contributed by atoms with E-state index in [1.54, 1.807) is 0 Å². The van der Waals surface area contributed by atoms with Crippen LogP contribution >= 0.6 is 0 Å². The first-order valence-corrected chi connectivity index (χ1v) is 15.7. The summed E-state index contributed by atoms with van der Waals surface area (Å²) in [6.07, 6.45) is 0. The molecule has 222 valence electrons. The van der Waals surface area contributed by atoms with Gasteiger partial charge >= 0.3 is 0 Å². The molecule has 0 spiro atoms. The van der Waals surface area contributed by atoms with E-state index in [-0.39, 0.29) is 0 Å². The summed E-state index contributed by atoms with van der Waals surface area (Å²) >= 11 is 0. The Kier molecular flexibility index (Phi) is 6.43. The smallest absolute Gasteiger partial charge is 0.227 e. The summed E-state index contributed by atoms with van der Waals surface area (Å²) in [6, 6.07) is 58.5. The van der Waals surface area contributed by atoms with E-state index in [0.717, 1.165) is 66.8 Å². The molecule has 2 heterocycles. The zero-order valence-corrected chi connectivity index (χ0v) is 25.4. The van der Waals surface area contributed by atoms with Crippen LogP contribution in [0.3, 0.4) is 0 Å². The summed E-state index contributed by atoms with van der Waals surface area (Å²) in [7, 11) is 0. The van der Waals surface area contributed by atoms with E-state index in [0.29, 0.717) is 11.5 Å². The van der Waals surface area contributed by atoms with Crippen molar-refractivity contribution >= 4 is 50.1 Å². The number of hydrogen-bond acceptors (Lipinski definition) is 4. The van der Waals surface area contributed by atoms with Gasteiger partial charge in [-0.05, 0) is 59.2 Å². The highest BCUT2D eigenvalue weighted by Crippen LogP contribution is 2.48. The molecule has 0 aliphatic rings. The van der Waals surface area contributed by atoms with Crippen LogP contribution in [0.5, 0.6) is 0 Å². The van der Waals surface area contributed by atoms with Crippen LogP contribution in [0.1, 0.15) is 0 Å². The first-order valence-electron chi connectivity index (χ1n) is 15.7. The molecule has 2 aromatic heterocycles. The van der Waals surface area contributed by atoms with Crippen LogP contribution in [0.25, 0.3) is 66.7 Å². The number of nitrogens with zero attached hydrogens (tertiary/aromatic N) is 2. The van der Waals surface area contributed by atoms with Crippen molar-refractivity contribution < 1.29 is 8.83 Å². The molecule has 0 N–H and O–H groups in total. The Bertz CT molecular complexity index is 2500. The first-order chi connectivity index (χ1) is 23.3. The number of anilines is 3. The van der Waals surface area contributed by atoms with E-state index >= 15 is 0 Å². The molecule has 9 rings (SSSR count). The van der Waals surface area contributed by atoms with Crippen LogP contribution in [0.15, 0.2) is 179 Å². The van der Waals surface area contributed by atoms with Gasteiger partial charge < -0.3 is 13.7 Å². The molecular formula is C43H28N2O2. The molecule has 0 fully saturated rings. The van der Waals surface area contributed by atoms with Crippen molar-refractivity contribution in [1.29, 1.82) is 0 Å². The number of hydrogen-bond donors (Lipinski definition) is 0. The summed E-state index contributed by atoms with van der Waals surface area (Å²) in [4.78, 5) is 7.34. The third-order valence-corrected chi connectivity index (χ3v) is 8.71. The molecule has 0 aliphatic heterocycles. The third-order valence-electron chi connectivity index (χ3n) is 8.71. The molecule has 4 nitrogen and oxygen atoms in total. The minimum absolute atomic E-state index is 0.577. The topological polar surface area (TPSA) is 42.4 Å². The standard InChI is InChI=1S/C43H28N2O2/c1-4-14-29(15-5-1)30-24-26-33(27-25-30)45(37-22-12-10-20-34(37)31-16-6-2-7-17-31)38-28-36-41(47-43(44-36)32-18-8-3-9-19-32)40-35-21-11-13-23-39(35)46-42(38)40/h1-28H. The van der Waals surface area contributed by atoms with Crippen molar-refractivity contribution in [3.8, 4) is 33.7 Å². The minimum Gasteiger partial charge on any atom is -0.454 e. The molecular weight excluding hydrogens is 576 g/mol. The summed E-state index contributed by atoms with van der Waals surface area (Å²) in [5, 5.41) is 1.90. The highest BCUT2D eigenvalue weighted by molar-refractivity contribution is 6.21. The third kappa shape index (κ3) is 4.66. The Balaban J connectivity index is 1.34. The van der Waals surface area contributed by atoms with Crippen LogP contribution in [0.4, 0.5) is 17.1 Å². The van der Waals surface area contributed by atoms with E-state index in [2.05, 4.69) is 114 Å². The summed E-state index contributed by atoms with van der Waals surface area (Å²) in [6.45, 7) is 0. The zero-order valence-electron chi connectivity index (χ0n) is 25.4. The highest BCUT2D eigenvalue weighted by Gasteiger charge is 2.26. The van der Waals surface area contributed by atoms with Crippen molar-refractivity contribution in [2.45, 2.75) is 0 Å². The van der Waals surface area contributed by atoms with Crippen molar-refractivity contribution in [2.24, 2.45) is 0 Å². The van der Waals surface area contributed by atoms with Crippen LogP contribution < -0.4 is 4.90 Å². The molecule has 0 radical (unpaired) electrons. The Morgan fingerprint density at radius 1 is 0.447 bits per heavy atom. The average molecular weight is 605 g/mol. The normalized spacial score (nSPS) is 11.4. The summed E-state index contributed by atoms with van der Waals surface area (Å²) in [5.41, 5.74) is 11.4. The molecule has 0 saturated heterocycles. The van der Waals surface area contributed by atoms with Gasteiger partial charge in [-0.2, -0.15) is 0 Å². The molecule has 0 bridgehead atoms. The predicted molar refractivity (Wildman–Crippen MR) is 192 cm³/mol. The van der Waals surface area contributed by atoms with E-state index in [1.165, 1.54) is 5.56 Å². The fourth-order valence-corrected chi connectivity index (χ4v) is 6.50. The fraction of sp³-hybridized carbons (Fsp3) is 0. The number of benzene rings is 7. The molecule has 7 aromatic carbocycles. The summed E-state index contributed by atoms with van der Waals surface area (Å²) in [5.74, 6) is 0.577. The molecule has 47 heavy (non-hydrogen) atoms. The van der Waals surface area contributed by atoms with Crippen molar-refractivity contribution in [1.82, 2.24) is 4.98 Å². The van der Waals surface area contributed by atoms with Gasteiger partial charge in [-0.25, -0.2) is 4.98 Å². The number of furan rings is 1. The number of para-hydroxylation sites is 2. The Morgan fingerprint density at radius 3 is 1.79 bits per heavy atom. The molecule has 0 amide bonds. The second-order valence-corrected chi connectivity index (χ2v) is 11.6. The Hall–Kier alpha value is -6.39. The lowest BCUT2D eigenvalue weighted by atomic mass is 10.0. The predicted octanol–water partition coefficient (Wildman–Crippen LogP) is 12.2. The molecule has 0 atom stereocenters. The maximum absolute atomic E-state index is 6.74. The van der Waals surface area contributed by atoms with Gasteiger partial charge in [0, 0.05) is 22.2 Å². The maximum Gasteiger partial charge on any atom is 0.227 e. The second kappa shape index (κ2) is 11.2. The van der Waals surface area contributed by atoms with Crippen LogP contribution in [-0.2, 0) is 0 Å².